The zero-order chi connectivity index (χ0) is 20.9. The third kappa shape index (κ3) is 2.93. The molecule has 1 unspecified atom stereocenters. The number of furan rings is 1. The second-order valence-electron chi connectivity index (χ2n) is 8.36. The van der Waals surface area contributed by atoms with Crippen LogP contribution in [0.4, 0.5) is 4.79 Å². The topological polar surface area (TPSA) is 91.7 Å². The molecule has 3 heterocycles. The first-order valence-electron chi connectivity index (χ1n) is 10.2. The Kier molecular flexibility index (Phi) is 4.27. The molecule has 2 aliphatic heterocycles. The molecule has 3 aromatic rings. The smallest absolute Gasteiger partial charge is 0.322 e. The number of carbonyl (C=O) groups is 3. The molecule has 2 N–H and O–H groups in total. The van der Waals surface area contributed by atoms with Gasteiger partial charge >= 0.3 is 6.03 Å². The Balaban J connectivity index is 1.31. The fourth-order valence-electron chi connectivity index (χ4n) is 4.83. The summed E-state index contributed by atoms with van der Waals surface area (Å²) in [6, 6.07) is 11.6. The normalized spacial score (nSPS) is 22.5. The molecule has 30 heavy (non-hydrogen) atoms. The number of fused-ring (bicyclic) bond motifs is 3. The van der Waals surface area contributed by atoms with Gasteiger partial charge < -0.3 is 14.6 Å². The van der Waals surface area contributed by atoms with E-state index in [1.807, 2.05) is 35.2 Å². The summed E-state index contributed by atoms with van der Waals surface area (Å²) in [5, 5.41) is 8.27. The van der Waals surface area contributed by atoms with Crippen molar-refractivity contribution >= 4 is 39.6 Å². The van der Waals surface area contributed by atoms with E-state index in [2.05, 4.69) is 16.7 Å². The number of amides is 4. The quantitative estimate of drug-likeness (QED) is 0.656. The van der Waals surface area contributed by atoms with Crippen LogP contribution in [0.1, 0.15) is 25.3 Å². The van der Waals surface area contributed by atoms with Crippen molar-refractivity contribution in [3.05, 3.63) is 48.2 Å². The van der Waals surface area contributed by atoms with Gasteiger partial charge in [-0.3, -0.25) is 14.9 Å². The number of hydrogen-bond acceptors (Lipinski definition) is 4. The number of nitrogens with zero attached hydrogens (tertiary/aromatic N) is 1. The van der Waals surface area contributed by atoms with Gasteiger partial charge in [0.2, 0.25) is 5.91 Å². The van der Waals surface area contributed by atoms with E-state index in [0.717, 1.165) is 27.3 Å². The van der Waals surface area contributed by atoms with Crippen molar-refractivity contribution in [3.8, 4) is 0 Å². The van der Waals surface area contributed by atoms with Crippen molar-refractivity contribution in [2.75, 3.05) is 13.1 Å². The fourth-order valence-corrected chi connectivity index (χ4v) is 4.83. The molecule has 1 atom stereocenters. The average molecular weight is 405 g/mol. The highest BCUT2D eigenvalue weighted by molar-refractivity contribution is 6.08. The van der Waals surface area contributed by atoms with Gasteiger partial charge in [0.1, 0.15) is 11.1 Å². The van der Waals surface area contributed by atoms with Crippen LogP contribution in [0, 0.1) is 5.92 Å². The number of hydrogen-bond donors (Lipinski definition) is 2. The minimum absolute atomic E-state index is 0.00620. The lowest BCUT2D eigenvalue weighted by atomic mass is 9.79. The molecule has 7 nitrogen and oxygen atoms in total. The Bertz CT molecular complexity index is 1180. The van der Waals surface area contributed by atoms with Gasteiger partial charge in [-0.2, -0.15) is 0 Å². The SMILES string of the molecule is CC1(C2CCN(C(=O)Cc3coc4ccc5ccccc5c34)CC2)NC(=O)NC1=O. The Labute approximate surface area is 173 Å². The molecule has 2 fully saturated rings. The largest absolute Gasteiger partial charge is 0.464 e. The van der Waals surface area contributed by atoms with Gasteiger partial charge in [0.25, 0.3) is 5.91 Å². The van der Waals surface area contributed by atoms with Crippen molar-refractivity contribution in [3.63, 3.8) is 0 Å². The van der Waals surface area contributed by atoms with Crippen LogP contribution in [0.3, 0.4) is 0 Å². The van der Waals surface area contributed by atoms with Crippen molar-refractivity contribution < 1.29 is 18.8 Å². The molecule has 0 aliphatic carbocycles. The van der Waals surface area contributed by atoms with E-state index >= 15 is 0 Å². The first kappa shape index (κ1) is 18.7. The maximum atomic E-state index is 13.0. The van der Waals surface area contributed by atoms with Crippen LogP contribution in [-0.2, 0) is 16.0 Å². The van der Waals surface area contributed by atoms with Gasteiger partial charge in [0.15, 0.2) is 0 Å². The Hall–Kier alpha value is -3.35. The van der Waals surface area contributed by atoms with E-state index in [0.29, 0.717) is 25.9 Å². The number of nitrogens with one attached hydrogen (secondary N) is 2. The highest BCUT2D eigenvalue weighted by Gasteiger charge is 2.48. The molecule has 4 amide bonds. The molecule has 5 rings (SSSR count). The van der Waals surface area contributed by atoms with Crippen LogP contribution in [-0.4, -0.2) is 41.4 Å². The van der Waals surface area contributed by atoms with E-state index in [1.54, 1.807) is 13.2 Å². The van der Waals surface area contributed by atoms with E-state index in [-0.39, 0.29) is 24.2 Å². The summed E-state index contributed by atoms with van der Waals surface area (Å²) in [6.07, 6.45) is 3.30. The number of urea groups is 1. The second-order valence-corrected chi connectivity index (χ2v) is 8.36. The minimum Gasteiger partial charge on any atom is -0.464 e. The predicted molar refractivity (Wildman–Crippen MR) is 112 cm³/mol. The molecular formula is C23H23N3O4. The van der Waals surface area contributed by atoms with Gasteiger partial charge in [-0.15, -0.1) is 0 Å². The molecule has 0 saturated carbocycles. The predicted octanol–water partition coefficient (Wildman–Crippen LogP) is 2.97. The molecule has 0 radical (unpaired) electrons. The van der Waals surface area contributed by atoms with Gasteiger partial charge in [-0.05, 0) is 42.5 Å². The lowest BCUT2D eigenvalue weighted by Gasteiger charge is -2.38. The molecule has 7 heteroatoms. The molecule has 2 saturated heterocycles. The number of benzene rings is 2. The monoisotopic (exact) mass is 405 g/mol. The summed E-state index contributed by atoms with van der Waals surface area (Å²) in [5.41, 5.74) is 0.778. The lowest BCUT2D eigenvalue weighted by Crippen LogP contribution is -2.54. The van der Waals surface area contributed by atoms with E-state index in [4.69, 9.17) is 4.42 Å². The first-order chi connectivity index (χ1) is 14.5. The minimum atomic E-state index is -0.897. The van der Waals surface area contributed by atoms with Crippen molar-refractivity contribution in [1.29, 1.82) is 0 Å². The van der Waals surface area contributed by atoms with E-state index in [1.165, 1.54) is 0 Å². The van der Waals surface area contributed by atoms with E-state index < -0.39 is 11.6 Å². The van der Waals surface area contributed by atoms with Gasteiger partial charge in [-0.25, -0.2) is 4.79 Å². The number of carbonyl (C=O) groups excluding carboxylic acids is 3. The molecule has 2 aromatic carbocycles. The molecule has 1 aromatic heterocycles. The highest BCUT2D eigenvalue weighted by atomic mass is 16.3. The Morgan fingerprint density at radius 2 is 1.93 bits per heavy atom. The van der Waals surface area contributed by atoms with Crippen molar-refractivity contribution in [2.24, 2.45) is 5.92 Å². The molecule has 154 valence electrons. The zero-order valence-electron chi connectivity index (χ0n) is 16.7. The summed E-state index contributed by atoms with van der Waals surface area (Å²) >= 11 is 0. The van der Waals surface area contributed by atoms with Crippen LogP contribution in [0.2, 0.25) is 0 Å². The average Bonchev–Trinajstić information content (AvgIpc) is 3.28. The summed E-state index contributed by atoms with van der Waals surface area (Å²) in [5.74, 6) is -0.227. The molecule has 2 aliphatic rings. The fraction of sp³-hybridized carbons (Fsp3) is 0.348. The van der Waals surface area contributed by atoms with Crippen LogP contribution < -0.4 is 10.6 Å². The van der Waals surface area contributed by atoms with Gasteiger partial charge in [0.05, 0.1) is 12.7 Å². The lowest BCUT2D eigenvalue weighted by molar-refractivity contribution is -0.132. The van der Waals surface area contributed by atoms with E-state index in [9.17, 15) is 14.4 Å². The zero-order valence-corrected chi connectivity index (χ0v) is 16.7. The number of likely N-dealkylation sites (tertiary alicyclic amines) is 1. The molecule has 0 bridgehead atoms. The second kappa shape index (κ2) is 6.86. The van der Waals surface area contributed by atoms with Crippen LogP contribution in [0.15, 0.2) is 47.1 Å². The summed E-state index contributed by atoms with van der Waals surface area (Å²) in [7, 11) is 0. The highest BCUT2D eigenvalue weighted by Crippen LogP contribution is 2.33. The Morgan fingerprint density at radius 1 is 1.17 bits per heavy atom. The summed E-state index contributed by atoms with van der Waals surface area (Å²) < 4.78 is 5.71. The van der Waals surface area contributed by atoms with Gasteiger partial charge in [-0.1, -0.05) is 30.3 Å². The Morgan fingerprint density at radius 3 is 2.67 bits per heavy atom. The van der Waals surface area contributed by atoms with Crippen molar-refractivity contribution in [2.45, 2.75) is 31.7 Å². The summed E-state index contributed by atoms with van der Waals surface area (Å²) in [4.78, 5) is 38.6. The maximum absolute atomic E-state index is 13.0. The van der Waals surface area contributed by atoms with Gasteiger partial charge in [0, 0.05) is 24.0 Å². The van der Waals surface area contributed by atoms with Crippen LogP contribution >= 0.6 is 0 Å². The third-order valence-electron chi connectivity index (χ3n) is 6.62. The van der Waals surface area contributed by atoms with Crippen molar-refractivity contribution in [1.82, 2.24) is 15.5 Å². The van der Waals surface area contributed by atoms with Crippen LogP contribution in [0.25, 0.3) is 21.7 Å². The number of rotatable bonds is 3. The first-order valence-corrected chi connectivity index (χ1v) is 10.2. The maximum Gasteiger partial charge on any atom is 0.322 e. The number of piperidine rings is 1. The summed E-state index contributed by atoms with van der Waals surface area (Å²) in [6.45, 7) is 2.90. The molecular weight excluding hydrogens is 382 g/mol. The number of imide groups is 1. The third-order valence-corrected chi connectivity index (χ3v) is 6.62. The van der Waals surface area contributed by atoms with Crippen LogP contribution in [0.5, 0.6) is 0 Å². The standard InChI is InChI=1S/C23H23N3O4/c1-23(21(28)24-22(29)25-23)16-8-10-26(11-9-16)19(27)12-15-13-30-18-7-6-14-4-2-3-5-17(14)20(15)18/h2-7,13,16H,8-12H2,1H3,(H2,24,25,28,29). The molecule has 0 spiro atoms.